The molecule has 0 N–H and O–H groups in total. The molecule has 5 atom stereocenters. The first-order valence-corrected chi connectivity index (χ1v) is 33.0. The van der Waals surface area contributed by atoms with Crippen LogP contribution in [0.5, 0.6) is 0 Å². The third kappa shape index (κ3) is 27.4. The highest BCUT2D eigenvalue weighted by Gasteiger charge is 2.43. The molecule has 0 spiro atoms. The highest BCUT2D eigenvalue weighted by Crippen LogP contribution is 2.51. The summed E-state index contributed by atoms with van der Waals surface area (Å²) < 4.78 is 0. The summed E-state index contributed by atoms with van der Waals surface area (Å²) in [7, 11) is 8.84. The van der Waals surface area contributed by atoms with Crippen LogP contribution in [0.4, 0.5) is 0 Å². The minimum absolute atomic E-state index is 0.359. The van der Waals surface area contributed by atoms with E-state index in [1.54, 1.807) is 34.1 Å². The van der Waals surface area contributed by atoms with Crippen LogP contribution in [0.3, 0.4) is 0 Å². The van der Waals surface area contributed by atoms with Crippen molar-refractivity contribution in [1.29, 1.82) is 5.26 Å². The molecular weight excluding hydrogens is 996 g/mol. The quantitative estimate of drug-likeness (QED) is 0.111. The topological polar surface area (TPSA) is 33.5 Å². The molecule has 0 bridgehead atoms. The summed E-state index contributed by atoms with van der Waals surface area (Å²) in [6.45, 7) is 60.0. The maximum atomic E-state index is 9.21. The molecule has 4 nitrogen and oxygen atoms in total. The van der Waals surface area contributed by atoms with Crippen molar-refractivity contribution in [3.63, 3.8) is 0 Å². The van der Waals surface area contributed by atoms with Crippen molar-refractivity contribution in [2.24, 2.45) is 38.9 Å². The third-order valence-corrected chi connectivity index (χ3v) is 17.3. The van der Waals surface area contributed by atoms with Gasteiger partial charge in [-0.15, -0.1) is 22.4 Å². The lowest BCUT2D eigenvalue weighted by atomic mass is 9.56. The van der Waals surface area contributed by atoms with Crippen LogP contribution in [-0.2, 0) is 19.3 Å². The number of benzene rings is 2. The molecule has 2 aromatic rings. The third-order valence-electron chi connectivity index (χ3n) is 17.3. The van der Waals surface area contributed by atoms with Crippen LogP contribution in [0.1, 0.15) is 228 Å². The Bertz CT molecular complexity index is 2120. The molecule has 1 heterocycles. The van der Waals surface area contributed by atoms with Gasteiger partial charge in [0.2, 0.25) is 0 Å². The van der Waals surface area contributed by atoms with Gasteiger partial charge in [0, 0.05) is 29.8 Å². The zero-order valence-corrected chi connectivity index (χ0v) is 58.6. The molecule has 2 aromatic carbocycles. The second-order valence-electron chi connectivity index (χ2n) is 27.0. The molecular formula is C73H129N4PS. The Morgan fingerprint density at radius 3 is 1.73 bits per heavy atom. The number of hydrogen-bond acceptors (Lipinski definition) is 5. The van der Waals surface area contributed by atoms with Crippen molar-refractivity contribution in [3.05, 3.63) is 131 Å². The average molecular weight is 1130 g/mol. The van der Waals surface area contributed by atoms with Crippen LogP contribution >= 0.6 is 21.9 Å². The molecule has 5 unspecified atom stereocenters. The fourth-order valence-electron chi connectivity index (χ4n) is 11.4. The van der Waals surface area contributed by atoms with Gasteiger partial charge in [-0.1, -0.05) is 202 Å². The van der Waals surface area contributed by atoms with Gasteiger partial charge in [0.15, 0.2) is 0 Å². The average Bonchev–Trinajstić information content (AvgIpc) is 3.83. The smallest absolute Gasteiger partial charge is 0.0947 e. The number of likely N-dealkylation sites (tertiary alicyclic amines) is 1. The monoisotopic (exact) mass is 1120 g/mol. The van der Waals surface area contributed by atoms with E-state index < -0.39 is 0 Å². The normalized spacial score (nSPS) is 20.2. The Morgan fingerprint density at radius 1 is 0.734 bits per heavy atom. The molecule has 0 radical (unpaired) electrons. The van der Waals surface area contributed by atoms with E-state index in [9.17, 15) is 5.26 Å². The van der Waals surface area contributed by atoms with E-state index in [1.807, 2.05) is 52.6 Å². The van der Waals surface area contributed by atoms with Crippen LogP contribution < -0.4 is 0 Å². The van der Waals surface area contributed by atoms with Gasteiger partial charge in [0.25, 0.3) is 0 Å². The second-order valence-corrected chi connectivity index (χ2v) is 27.0. The minimum atomic E-state index is 0.359. The summed E-state index contributed by atoms with van der Waals surface area (Å²) in [6.07, 6.45) is 26.7. The minimum Gasteiger partial charge on any atom is -0.368 e. The maximum Gasteiger partial charge on any atom is 0.0947 e. The fraction of sp³-hybridized carbons (Fsp3) is 0.685. The molecule has 1 saturated carbocycles. The van der Waals surface area contributed by atoms with E-state index in [1.165, 1.54) is 101 Å². The molecule has 452 valence electrons. The Kier molecular flexibility index (Phi) is 38.4. The van der Waals surface area contributed by atoms with Crippen molar-refractivity contribution >= 4 is 21.9 Å². The molecule has 0 amide bonds. The van der Waals surface area contributed by atoms with Crippen LogP contribution in [0.25, 0.3) is 0 Å². The predicted molar refractivity (Wildman–Crippen MR) is 366 cm³/mol. The van der Waals surface area contributed by atoms with Crippen molar-refractivity contribution in [1.82, 2.24) is 14.7 Å². The first kappa shape index (κ1) is 78.2. The SMILES string of the molecule is C=C1CCCN1C1CC(C)(C)Cc2ccc(C)cc21.C=CCCCN(C)C.C=CCCCN(C)C1CC(C)(C)CC2=CC=C(C#N)CC21.CC.CC.CC(C)(C)C(C)(C)C(C)(C)C.CP.CS.Cc1ccc2c(c1)CCC(C)C2. The number of unbranched alkanes of at least 4 members (excludes halogenated alkanes) is 2. The van der Waals surface area contributed by atoms with E-state index in [-0.39, 0.29) is 0 Å². The van der Waals surface area contributed by atoms with E-state index in [0.717, 1.165) is 37.3 Å². The molecule has 1 aliphatic heterocycles. The first-order valence-electron chi connectivity index (χ1n) is 31.0. The van der Waals surface area contributed by atoms with E-state index in [2.05, 4.69) is 230 Å². The number of thiol groups is 1. The largest absolute Gasteiger partial charge is 0.368 e. The summed E-state index contributed by atoms with van der Waals surface area (Å²) in [4.78, 5) is 7.27. The van der Waals surface area contributed by atoms with Crippen molar-refractivity contribution < 1.29 is 0 Å². The van der Waals surface area contributed by atoms with Gasteiger partial charge in [0.05, 0.1) is 12.1 Å². The molecule has 4 aliphatic carbocycles. The molecule has 1 saturated heterocycles. The maximum absolute atomic E-state index is 9.21. The zero-order valence-electron chi connectivity index (χ0n) is 56.5. The molecule has 2 fully saturated rings. The van der Waals surface area contributed by atoms with Gasteiger partial charge in [-0.3, -0.25) is 0 Å². The highest BCUT2D eigenvalue weighted by atomic mass is 32.1. The van der Waals surface area contributed by atoms with Crippen LogP contribution in [0.2, 0.25) is 0 Å². The molecule has 6 heteroatoms. The van der Waals surface area contributed by atoms with Crippen LogP contribution in [0, 0.1) is 64.1 Å². The number of allylic oxidation sites excluding steroid dienone is 6. The second kappa shape index (κ2) is 38.8. The fourth-order valence-corrected chi connectivity index (χ4v) is 11.4. The van der Waals surface area contributed by atoms with Gasteiger partial charge in [-0.25, -0.2) is 0 Å². The van der Waals surface area contributed by atoms with Gasteiger partial charge in [-0.05, 0) is 206 Å². The first-order chi connectivity index (χ1) is 36.9. The number of hydrogen-bond donors (Lipinski definition) is 1. The number of nitriles is 1. The number of nitrogens with zero attached hydrogens (tertiary/aromatic N) is 4. The molecule has 5 aliphatic rings. The summed E-state index contributed by atoms with van der Waals surface area (Å²) in [5, 5.41) is 9.21. The van der Waals surface area contributed by atoms with E-state index >= 15 is 0 Å². The van der Waals surface area contributed by atoms with E-state index in [0.29, 0.717) is 45.1 Å². The Hall–Kier alpha value is -2.87. The van der Waals surface area contributed by atoms with Crippen LogP contribution in [0.15, 0.2) is 97.3 Å². The number of aryl methyl sites for hydroxylation is 3. The Balaban J connectivity index is 0. The van der Waals surface area contributed by atoms with E-state index in [4.69, 9.17) is 0 Å². The molecule has 0 aromatic heterocycles. The van der Waals surface area contributed by atoms with Crippen molar-refractivity contribution in [3.8, 4) is 6.07 Å². The van der Waals surface area contributed by atoms with Gasteiger partial charge < -0.3 is 14.7 Å². The standard InChI is InChI=1S/C19H28N2.C18H25N.C12H16.C11H24.C7H15N.2C2H6.CH5P.CH4S/c1-5-6-7-10-21(4)18-13-19(2,3)12-16-9-8-15(14-20)11-17(16)18;1-13-7-8-15-11-18(3,4)12-17(16(15)10-13)19-9-5-6-14(19)2;1-9-3-5-12-8-10(2)4-6-11(12)7-9;1-9(2,3)11(7,8)10(4,5)6;1-4-5-6-7-8(2)3;4*1-2/h5,8-9,17-18H,1,6-7,10-13H2,2-4H3;7-8,10,17H,2,5-6,9,11-12H2,1,3-4H3;3,5,7,10H,4,6,8H2,1-2H3;1-8H3;4H,1,5-7H2,2-3H3;2*1-2H3;2H2,1H3;2H,1H3. The highest BCUT2D eigenvalue weighted by molar-refractivity contribution is 7.79. The lowest BCUT2D eigenvalue weighted by Gasteiger charge is -2.49. The summed E-state index contributed by atoms with van der Waals surface area (Å²) in [5.74, 6) is 1.42. The van der Waals surface area contributed by atoms with Crippen molar-refractivity contribution in [2.75, 3.05) is 53.7 Å². The Labute approximate surface area is 501 Å². The van der Waals surface area contributed by atoms with Gasteiger partial charge >= 0.3 is 0 Å². The number of fused-ring (bicyclic) bond motifs is 3. The lowest BCUT2D eigenvalue weighted by molar-refractivity contribution is 0.00575. The van der Waals surface area contributed by atoms with Crippen molar-refractivity contribution in [2.45, 2.75) is 234 Å². The van der Waals surface area contributed by atoms with Gasteiger partial charge in [-0.2, -0.15) is 17.9 Å². The van der Waals surface area contributed by atoms with Gasteiger partial charge in [0.1, 0.15) is 0 Å². The zero-order chi connectivity index (χ0) is 61.5. The summed E-state index contributed by atoms with van der Waals surface area (Å²) in [5.41, 5.74) is 14.8. The van der Waals surface area contributed by atoms with Crippen LogP contribution in [-0.4, -0.2) is 74.4 Å². The lowest BCUT2D eigenvalue weighted by Crippen LogP contribution is -2.46. The molecule has 7 rings (SSSR count). The Morgan fingerprint density at radius 2 is 1.25 bits per heavy atom. The molecule has 79 heavy (non-hydrogen) atoms. The summed E-state index contributed by atoms with van der Waals surface area (Å²) >= 11 is 3.53. The summed E-state index contributed by atoms with van der Waals surface area (Å²) in [6, 6.07) is 17.4. The predicted octanol–water partition coefficient (Wildman–Crippen LogP) is 20.9. The number of rotatable bonds is 10.